The number of fused-ring (bicyclic) bond motifs is 7. The predicted octanol–water partition coefficient (Wildman–Crippen LogP) is -6.11. The van der Waals surface area contributed by atoms with Crippen LogP contribution in [-0.4, -0.2) is 304 Å². The number of ether oxygens (including phenoxy) is 12. The summed E-state index contributed by atoms with van der Waals surface area (Å²) in [6.45, 7) is 5.35. The highest BCUT2D eigenvalue weighted by atomic mass is 16.8. The van der Waals surface area contributed by atoms with Gasteiger partial charge in [-0.2, -0.15) is 0 Å². The highest BCUT2D eigenvalue weighted by Gasteiger charge is 2.70. The van der Waals surface area contributed by atoms with Gasteiger partial charge in [0, 0.05) is 12.3 Å². The van der Waals surface area contributed by atoms with Gasteiger partial charge in [-0.15, -0.1) is 0 Å². The van der Waals surface area contributed by atoms with Crippen molar-refractivity contribution in [2.45, 2.75) is 263 Å². The van der Waals surface area contributed by atoms with E-state index in [2.05, 4.69) is 27.7 Å². The zero-order chi connectivity index (χ0) is 61.8. The van der Waals surface area contributed by atoms with Crippen LogP contribution in [0.3, 0.4) is 0 Å². The maximum atomic E-state index is 12.1. The highest BCUT2D eigenvalue weighted by Crippen LogP contribution is 2.71. The first-order chi connectivity index (χ1) is 40.9. The van der Waals surface area contributed by atoms with E-state index in [0.29, 0.717) is 49.0 Å². The Bertz CT molecular complexity index is 2230. The number of hydrogen-bond acceptors (Lipinski definition) is 29. The molecule has 11 fully saturated rings. The van der Waals surface area contributed by atoms with Crippen LogP contribution in [0.4, 0.5) is 0 Å². The summed E-state index contributed by atoms with van der Waals surface area (Å²) in [6, 6.07) is 0. The van der Waals surface area contributed by atoms with E-state index in [0.717, 1.165) is 44.9 Å². The van der Waals surface area contributed by atoms with Crippen molar-refractivity contribution in [3.8, 4) is 0 Å². The van der Waals surface area contributed by atoms with Crippen LogP contribution in [0, 0.1) is 52.3 Å². The van der Waals surface area contributed by atoms with Crippen LogP contribution in [0.5, 0.6) is 0 Å². The summed E-state index contributed by atoms with van der Waals surface area (Å²) in [5.41, 5.74) is -0.131. The van der Waals surface area contributed by atoms with Gasteiger partial charge in [0.05, 0.1) is 58.0 Å². The zero-order valence-corrected chi connectivity index (χ0v) is 48.8. The summed E-state index contributed by atoms with van der Waals surface area (Å²) in [6.07, 6.45) is -41.7. The number of hydrogen-bond donors (Lipinski definition) is 17. The standard InChI is InChI=1S/C57H94O29/c1-20-7-10-57(75-19-20)21(2)34-28(86-57)12-25-23-6-5-22-11-27(26(63)13-56(22,4)24(23)8-9-55(25,34)3)76-53-45(74)47(37(66)31(16-60)79-53)83-52-44(73)41(70)46(33(18-62)81-52)82-54-49(85-51-43(72)40(69)36(65)30(15-59)78-51)48(38(67)32(17-61)80-54)84-50-42(71)39(68)35(64)29(14-58)77-50/h20-54,58-74H,5-19H2,1-4H3/t20-,21-,22-,23+,24-,25+,26+,27-,28+,29+,30+,31+,32+,33+,34+,35+,36+,37+,38+,39-,40-,41+,42+,43+,44+,45+,46+,47-,48-,49+,50-,51-,52-,53+,54-,55-,56-,57+/m0/s1. The third kappa shape index (κ3) is 11.5. The van der Waals surface area contributed by atoms with Crippen molar-refractivity contribution in [2.75, 3.05) is 39.6 Å². The smallest absolute Gasteiger partial charge is 0.187 e. The molecule has 496 valence electrons. The van der Waals surface area contributed by atoms with Gasteiger partial charge in [0.25, 0.3) is 0 Å². The summed E-state index contributed by atoms with van der Waals surface area (Å²) in [5, 5.41) is 186. The van der Waals surface area contributed by atoms with Crippen molar-refractivity contribution in [2.24, 2.45) is 52.3 Å². The van der Waals surface area contributed by atoms with E-state index in [9.17, 15) is 86.8 Å². The summed E-state index contributed by atoms with van der Waals surface area (Å²) < 4.78 is 72.9. The van der Waals surface area contributed by atoms with E-state index in [1.54, 1.807) is 0 Å². The van der Waals surface area contributed by atoms with Gasteiger partial charge in [0.1, 0.15) is 122 Å². The second-order valence-electron chi connectivity index (χ2n) is 27.3. The molecule has 0 amide bonds. The van der Waals surface area contributed by atoms with Crippen LogP contribution >= 0.6 is 0 Å². The fourth-order valence-electron chi connectivity index (χ4n) is 17.7. The van der Waals surface area contributed by atoms with Gasteiger partial charge >= 0.3 is 0 Å². The second-order valence-corrected chi connectivity index (χ2v) is 27.3. The normalized spacial score (nSPS) is 57.5. The maximum Gasteiger partial charge on any atom is 0.187 e. The van der Waals surface area contributed by atoms with Gasteiger partial charge in [0.15, 0.2) is 37.2 Å². The van der Waals surface area contributed by atoms with Crippen molar-refractivity contribution in [1.82, 2.24) is 0 Å². The minimum Gasteiger partial charge on any atom is -0.394 e. The number of aliphatic hydroxyl groups excluding tert-OH is 17. The Morgan fingerprint density at radius 1 is 0.430 bits per heavy atom. The monoisotopic (exact) mass is 1240 g/mol. The highest BCUT2D eigenvalue weighted by molar-refractivity contribution is 5.16. The lowest BCUT2D eigenvalue weighted by Crippen LogP contribution is -2.69. The van der Waals surface area contributed by atoms with Crippen LogP contribution in [0.1, 0.15) is 85.5 Å². The molecule has 0 unspecified atom stereocenters. The molecule has 1 spiro atoms. The van der Waals surface area contributed by atoms with Crippen LogP contribution in [0.2, 0.25) is 0 Å². The van der Waals surface area contributed by atoms with E-state index in [-0.39, 0.29) is 28.8 Å². The lowest BCUT2D eigenvalue weighted by Gasteiger charge is -2.62. The predicted molar refractivity (Wildman–Crippen MR) is 282 cm³/mol. The average Bonchev–Trinajstić information content (AvgIpc) is 1.49. The third-order valence-electron chi connectivity index (χ3n) is 22.5. The first kappa shape index (κ1) is 66.3. The summed E-state index contributed by atoms with van der Waals surface area (Å²) in [4.78, 5) is 0. The van der Waals surface area contributed by atoms with Crippen molar-refractivity contribution >= 4 is 0 Å². The fourth-order valence-corrected chi connectivity index (χ4v) is 17.7. The first-order valence-corrected chi connectivity index (χ1v) is 30.9. The minimum absolute atomic E-state index is 0.0992. The maximum absolute atomic E-state index is 12.1. The molecule has 86 heavy (non-hydrogen) atoms. The lowest BCUT2D eigenvalue weighted by atomic mass is 9.44. The summed E-state index contributed by atoms with van der Waals surface area (Å²) in [5.74, 6) is 2.09. The molecule has 29 heteroatoms. The van der Waals surface area contributed by atoms with Crippen molar-refractivity contribution in [1.29, 1.82) is 0 Å². The van der Waals surface area contributed by atoms with E-state index in [1.165, 1.54) is 0 Å². The minimum atomic E-state index is -2.19. The van der Waals surface area contributed by atoms with Crippen molar-refractivity contribution in [3.63, 3.8) is 0 Å². The fraction of sp³-hybridized carbons (Fsp3) is 1.00. The van der Waals surface area contributed by atoms with Gasteiger partial charge in [-0.05, 0) is 97.7 Å². The molecule has 7 heterocycles. The molecule has 4 saturated carbocycles. The van der Waals surface area contributed by atoms with Gasteiger partial charge in [0.2, 0.25) is 0 Å². The molecule has 11 aliphatic rings. The quantitative estimate of drug-likeness (QED) is 0.0679. The molecule has 0 radical (unpaired) electrons. The average molecular weight is 1240 g/mol. The molecule has 0 aromatic heterocycles. The Balaban J connectivity index is 0.767. The molecule has 38 atom stereocenters. The molecule has 7 saturated heterocycles. The second kappa shape index (κ2) is 26.0. The molecule has 0 aromatic carbocycles. The Hall–Kier alpha value is -1.16. The molecule has 29 nitrogen and oxygen atoms in total. The Morgan fingerprint density at radius 2 is 0.930 bits per heavy atom. The van der Waals surface area contributed by atoms with E-state index in [4.69, 9.17) is 56.8 Å². The third-order valence-corrected chi connectivity index (χ3v) is 22.5. The molecular weight excluding hydrogens is 1150 g/mol. The topological polar surface area (TPSA) is 455 Å². The molecule has 17 N–H and O–H groups in total. The summed E-state index contributed by atoms with van der Waals surface area (Å²) in [7, 11) is 0. The van der Waals surface area contributed by atoms with Gasteiger partial charge in [-0.25, -0.2) is 0 Å². The molecule has 0 bridgehead atoms. The van der Waals surface area contributed by atoms with E-state index < -0.39 is 205 Å². The van der Waals surface area contributed by atoms with Crippen LogP contribution < -0.4 is 0 Å². The first-order valence-electron chi connectivity index (χ1n) is 30.9. The van der Waals surface area contributed by atoms with Crippen molar-refractivity contribution in [3.05, 3.63) is 0 Å². The number of rotatable bonds is 15. The Kier molecular flexibility index (Phi) is 20.0. The largest absolute Gasteiger partial charge is 0.394 e. The van der Waals surface area contributed by atoms with Crippen molar-refractivity contribution < 1.29 is 144 Å². The Labute approximate surface area is 497 Å². The molecule has 4 aliphatic carbocycles. The molecular formula is C57H94O29. The van der Waals surface area contributed by atoms with Gasteiger partial charge < -0.3 is 144 Å². The Morgan fingerprint density at radius 3 is 1.50 bits per heavy atom. The van der Waals surface area contributed by atoms with Crippen LogP contribution in [-0.2, 0) is 56.8 Å². The lowest BCUT2D eigenvalue weighted by molar-refractivity contribution is -0.409. The molecule has 0 aromatic rings. The molecule has 11 rings (SSSR count). The number of aliphatic hydroxyl groups is 17. The van der Waals surface area contributed by atoms with Crippen LogP contribution in [0.15, 0.2) is 0 Å². The van der Waals surface area contributed by atoms with Crippen LogP contribution in [0.25, 0.3) is 0 Å². The zero-order valence-electron chi connectivity index (χ0n) is 48.8. The van der Waals surface area contributed by atoms with E-state index >= 15 is 0 Å². The molecule has 7 aliphatic heterocycles. The van der Waals surface area contributed by atoms with Gasteiger partial charge in [-0.3, -0.25) is 0 Å². The SMILES string of the molecule is C[C@H]1CC[C@@]2(OC1)O[C@@H]1C[C@@H]3[C@@H]4CC[C@H]5C[C@H](O[C@@H]6O[C@H](CO)[C@@H](O)[C@H](O[C@@H]7O[C@H](CO)[C@@H](O[C@@H]8O[C@H](CO)[C@@H](O)[C@H](O[C@@H]9O[C@H](CO)[C@@H](O)[C@H](O)[C@H]9O)[C@H]8O[C@@H]8O[C@H](CO)[C@@H](O)[C@H](O)[C@H]8O)[C@H](O)[C@H]7O)[C@H]6O)[C@H](O)C[C@]5(C)[C@H]4CC[C@]3(C)[C@@H]1[C@@H]2C. The van der Waals surface area contributed by atoms with E-state index in [1.807, 2.05) is 0 Å². The summed E-state index contributed by atoms with van der Waals surface area (Å²) >= 11 is 0. The van der Waals surface area contributed by atoms with Gasteiger partial charge in [-0.1, -0.05) is 27.7 Å².